The minimum absolute atomic E-state index is 0.194. The molecule has 0 saturated heterocycles. The molecule has 1 N–H and O–H groups in total. The van der Waals surface area contributed by atoms with Crippen LogP contribution in [0.4, 0.5) is 0 Å². The number of benzene rings is 2. The van der Waals surface area contributed by atoms with Crippen LogP contribution in [0.2, 0.25) is 5.02 Å². The van der Waals surface area contributed by atoms with Crippen molar-refractivity contribution in [2.45, 2.75) is 25.7 Å². The molecule has 1 unspecified atom stereocenters. The Morgan fingerprint density at radius 2 is 2.00 bits per heavy atom. The molecule has 2 heterocycles. The first-order valence-corrected chi connectivity index (χ1v) is 10.3. The first-order valence-electron chi connectivity index (χ1n) is 9.90. The largest absolute Gasteiger partial charge is 0.351 e. The highest BCUT2D eigenvalue weighted by molar-refractivity contribution is 6.31. The molecule has 1 atom stereocenters. The van der Waals surface area contributed by atoms with Gasteiger partial charge in [-0.05, 0) is 36.1 Å². The monoisotopic (exact) mass is 422 g/mol. The van der Waals surface area contributed by atoms with E-state index in [1.165, 1.54) is 5.56 Å². The van der Waals surface area contributed by atoms with E-state index >= 15 is 0 Å². The molecule has 154 valence electrons. The summed E-state index contributed by atoms with van der Waals surface area (Å²) in [5, 5.41) is 4.75. The average Bonchev–Trinajstić information content (AvgIpc) is 3.38. The Balaban J connectivity index is 1.35. The van der Waals surface area contributed by atoms with E-state index in [-0.39, 0.29) is 11.7 Å². The van der Waals surface area contributed by atoms with E-state index in [1.807, 2.05) is 36.4 Å². The summed E-state index contributed by atoms with van der Waals surface area (Å²) < 4.78 is 5.32. The summed E-state index contributed by atoms with van der Waals surface area (Å²) in [5.41, 5.74) is 3.75. The second kappa shape index (κ2) is 8.71. The van der Waals surface area contributed by atoms with Crippen LogP contribution >= 0.6 is 11.6 Å². The van der Waals surface area contributed by atoms with Gasteiger partial charge in [-0.15, -0.1) is 0 Å². The number of halogens is 1. The molecule has 4 rings (SSSR count). The van der Waals surface area contributed by atoms with Crippen molar-refractivity contribution in [1.82, 2.24) is 20.0 Å². The Morgan fingerprint density at radius 3 is 2.80 bits per heavy atom. The number of nitrogens with zero attached hydrogens (tertiary/aromatic N) is 3. The number of likely N-dealkylation sites (N-methyl/N-ethyl adjacent to an activating group) is 1. The van der Waals surface area contributed by atoms with Gasteiger partial charge in [0, 0.05) is 31.1 Å². The van der Waals surface area contributed by atoms with Crippen molar-refractivity contribution in [1.29, 1.82) is 0 Å². The predicted octanol–water partition coefficient (Wildman–Crippen LogP) is 4.87. The molecule has 2 aromatic carbocycles. The van der Waals surface area contributed by atoms with Gasteiger partial charge in [-0.1, -0.05) is 54.0 Å². The van der Waals surface area contributed by atoms with Crippen molar-refractivity contribution in [2.24, 2.45) is 0 Å². The number of H-pyrrole nitrogens is 1. The number of rotatable bonds is 7. The van der Waals surface area contributed by atoms with Crippen molar-refractivity contribution in [3.8, 4) is 0 Å². The van der Waals surface area contributed by atoms with Gasteiger partial charge in [0.2, 0.25) is 5.76 Å². The van der Waals surface area contributed by atoms with E-state index < -0.39 is 0 Å². The van der Waals surface area contributed by atoms with Crippen molar-refractivity contribution >= 4 is 28.5 Å². The molecule has 0 aliphatic heterocycles. The first kappa shape index (κ1) is 20.2. The van der Waals surface area contributed by atoms with Crippen molar-refractivity contribution < 1.29 is 9.32 Å². The molecule has 0 aliphatic rings. The quantitative estimate of drug-likeness (QED) is 0.461. The highest BCUT2D eigenvalue weighted by Crippen LogP contribution is 2.21. The van der Waals surface area contributed by atoms with E-state index in [1.54, 1.807) is 18.0 Å². The molecule has 2 aromatic heterocycles. The van der Waals surface area contributed by atoms with Gasteiger partial charge in [-0.25, -0.2) is 4.98 Å². The van der Waals surface area contributed by atoms with Gasteiger partial charge in [0.25, 0.3) is 5.91 Å². The third-order valence-corrected chi connectivity index (χ3v) is 5.41. The number of hydrogen-bond donors (Lipinski definition) is 1. The third kappa shape index (κ3) is 4.54. The fourth-order valence-corrected chi connectivity index (χ4v) is 3.61. The van der Waals surface area contributed by atoms with Crippen LogP contribution in [-0.2, 0) is 12.8 Å². The maximum Gasteiger partial charge on any atom is 0.292 e. The summed E-state index contributed by atoms with van der Waals surface area (Å²) in [7, 11) is 1.75. The van der Waals surface area contributed by atoms with Gasteiger partial charge >= 0.3 is 0 Å². The maximum absolute atomic E-state index is 12.7. The first-order chi connectivity index (χ1) is 14.5. The Hall–Kier alpha value is -3.12. The molecule has 0 aliphatic carbocycles. The molecular formula is C23H23ClN4O2. The second-order valence-electron chi connectivity index (χ2n) is 7.52. The number of carbonyl (C=O) groups is 1. The molecule has 0 saturated carbocycles. The van der Waals surface area contributed by atoms with E-state index in [9.17, 15) is 4.79 Å². The van der Waals surface area contributed by atoms with Gasteiger partial charge in [0.1, 0.15) is 5.82 Å². The summed E-state index contributed by atoms with van der Waals surface area (Å²) in [4.78, 5) is 22.1. The molecule has 0 fully saturated rings. The molecule has 4 aromatic rings. The highest BCUT2D eigenvalue weighted by atomic mass is 35.5. The highest BCUT2D eigenvalue weighted by Gasteiger charge is 2.19. The van der Waals surface area contributed by atoms with Gasteiger partial charge in [0.05, 0.1) is 16.7 Å². The molecule has 0 bridgehead atoms. The Kier molecular flexibility index (Phi) is 5.86. The standard InChI is InChI=1S/C23H23ClN4O2/c1-15(16-6-4-3-5-7-16)12-18-14-21(30-27-18)23(29)28(2)11-10-22-25-19-9-8-17(24)13-20(19)26-22/h3-9,13-15H,10-12H2,1-2H3,(H,25,26). The summed E-state index contributed by atoms with van der Waals surface area (Å²) in [6.45, 7) is 2.64. The fraction of sp³-hybridized carbons (Fsp3) is 0.261. The van der Waals surface area contributed by atoms with E-state index in [4.69, 9.17) is 16.1 Å². The molecule has 1 amide bonds. The van der Waals surface area contributed by atoms with Crippen LogP contribution in [0.1, 0.15) is 40.5 Å². The Morgan fingerprint density at radius 1 is 1.20 bits per heavy atom. The summed E-state index contributed by atoms with van der Waals surface area (Å²) in [6.07, 6.45) is 1.31. The van der Waals surface area contributed by atoms with Crippen molar-refractivity contribution in [3.05, 3.63) is 82.5 Å². The number of carbonyl (C=O) groups excluding carboxylic acids is 1. The predicted molar refractivity (Wildman–Crippen MR) is 117 cm³/mol. The fourth-order valence-electron chi connectivity index (χ4n) is 3.44. The number of aromatic nitrogens is 3. The van der Waals surface area contributed by atoms with Crippen LogP contribution in [-0.4, -0.2) is 39.5 Å². The summed E-state index contributed by atoms with van der Waals surface area (Å²) in [5.74, 6) is 1.16. The lowest BCUT2D eigenvalue weighted by Crippen LogP contribution is -2.28. The summed E-state index contributed by atoms with van der Waals surface area (Å²) in [6, 6.07) is 17.5. The maximum atomic E-state index is 12.7. The number of hydrogen-bond acceptors (Lipinski definition) is 4. The van der Waals surface area contributed by atoms with Crippen LogP contribution < -0.4 is 0 Å². The molecule has 30 heavy (non-hydrogen) atoms. The zero-order valence-electron chi connectivity index (χ0n) is 16.9. The molecule has 7 heteroatoms. The SMILES string of the molecule is CC(Cc1cc(C(=O)N(C)CCc2nc3ccc(Cl)cc3[nH]2)on1)c1ccccc1. The van der Waals surface area contributed by atoms with Crippen LogP contribution in [0, 0.1) is 0 Å². The lowest BCUT2D eigenvalue weighted by Gasteiger charge is -2.14. The number of nitrogens with one attached hydrogen (secondary N) is 1. The second-order valence-corrected chi connectivity index (χ2v) is 7.96. The van der Waals surface area contributed by atoms with E-state index in [2.05, 4.69) is 34.2 Å². The lowest BCUT2D eigenvalue weighted by molar-refractivity contribution is 0.0754. The number of aromatic amines is 1. The van der Waals surface area contributed by atoms with Crippen molar-refractivity contribution in [3.63, 3.8) is 0 Å². The normalized spacial score (nSPS) is 12.2. The minimum atomic E-state index is -0.194. The molecule has 6 nitrogen and oxygen atoms in total. The van der Waals surface area contributed by atoms with Crippen LogP contribution in [0.3, 0.4) is 0 Å². The topological polar surface area (TPSA) is 75.0 Å². The van der Waals surface area contributed by atoms with E-state index in [0.29, 0.717) is 30.3 Å². The van der Waals surface area contributed by atoms with Gasteiger partial charge in [-0.3, -0.25) is 4.79 Å². The zero-order chi connectivity index (χ0) is 21.1. The minimum Gasteiger partial charge on any atom is -0.351 e. The van der Waals surface area contributed by atoms with E-state index in [0.717, 1.165) is 22.6 Å². The molecule has 0 spiro atoms. The number of amides is 1. The van der Waals surface area contributed by atoms with Crippen molar-refractivity contribution in [2.75, 3.05) is 13.6 Å². The average molecular weight is 423 g/mol. The lowest BCUT2D eigenvalue weighted by atomic mass is 9.96. The Bertz CT molecular complexity index is 1150. The summed E-state index contributed by atoms with van der Waals surface area (Å²) >= 11 is 6.02. The number of imidazole rings is 1. The molecular weight excluding hydrogens is 400 g/mol. The Labute approximate surface area is 179 Å². The van der Waals surface area contributed by atoms with Gasteiger partial charge < -0.3 is 14.4 Å². The number of fused-ring (bicyclic) bond motifs is 1. The smallest absolute Gasteiger partial charge is 0.292 e. The molecule has 0 radical (unpaired) electrons. The van der Waals surface area contributed by atoms with Crippen LogP contribution in [0.15, 0.2) is 59.1 Å². The van der Waals surface area contributed by atoms with Crippen LogP contribution in [0.5, 0.6) is 0 Å². The zero-order valence-corrected chi connectivity index (χ0v) is 17.7. The third-order valence-electron chi connectivity index (χ3n) is 5.18. The van der Waals surface area contributed by atoms with Gasteiger partial charge in [-0.2, -0.15) is 0 Å². The van der Waals surface area contributed by atoms with Crippen LogP contribution in [0.25, 0.3) is 11.0 Å². The van der Waals surface area contributed by atoms with Gasteiger partial charge in [0.15, 0.2) is 0 Å².